The van der Waals surface area contributed by atoms with E-state index >= 15 is 0 Å². The average Bonchev–Trinajstić information content (AvgIpc) is 2.89. The molecular weight excluding hydrogens is 324 g/mol. The summed E-state index contributed by atoms with van der Waals surface area (Å²) in [4.78, 5) is 14.7. The van der Waals surface area contributed by atoms with Crippen LogP contribution in [0.1, 0.15) is 48.2 Å². The molecule has 1 aromatic carbocycles. The number of aromatic nitrogens is 2. The highest BCUT2D eigenvalue weighted by Gasteiger charge is 2.28. The van der Waals surface area contributed by atoms with Crippen molar-refractivity contribution in [3.05, 3.63) is 46.8 Å². The van der Waals surface area contributed by atoms with Gasteiger partial charge in [0.05, 0.1) is 11.4 Å². The minimum Gasteiger partial charge on any atom is -0.341 e. The van der Waals surface area contributed by atoms with Crippen molar-refractivity contribution >= 4 is 5.91 Å². The second-order valence-corrected chi connectivity index (χ2v) is 7.67. The number of amides is 1. The lowest BCUT2D eigenvalue weighted by Gasteiger charge is -2.29. The largest absolute Gasteiger partial charge is 0.341 e. The van der Waals surface area contributed by atoms with Gasteiger partial charge in [-0.25, -0.2) is 4.68 Å². The van der Waals surface area contributed by atoms with E-state index in [9.17, 15) is 4.79 Å². The van der Waals surface area contributed by atoms with Crippen molar-refractivity contribution in [1.82, 2.24) is 14.7 Å². The van der Waals surface area contributed by atoms with Crippen molar-refractivity contribution in [2.24, 2.45) is 11.7 Å². The van der Waals surface area contributed by atoms with Crippen LogP contribution in [0, 0.1) is 26.7 Å². The fraction of sp³-hybridized carbons (Fsp3) is 0.524. The van der Waals surface area contributed by atoms with E-state index in [0.29, 0.717) is 6.54 Å². The minimum atomic E-state index is 0.0655. The molecule has 5 heteroatoms. The predicted octanol–water partition coefficient (Wildman–Crippen LogP) is 3.27. The van der Waals surface area contributed by atoms with E-state index in [1.807, 2.05) is 35.7 Å². The van der Waals surface area contributed by atoms with Crippen LogP contribution in [0.25, 0.3) is 5.69 Å². The summed E-state index contributed by atoms with van der Waals surface area (Å²) in [7, 11) is 1.90. The van der Waals surface area contributed by atoms with Crippen LogP contribution in [0.15, 0.2) is 24.3 Å². The van der Waals surface area contributed by atoms with Gasteiger partial charge in [0.1, 0.15) is 0 Å². The van der Waals surface area contributed by atoms with Gasteiger partial charge in [-0.1, -0.05) is 24.6 Å². The first kappa shape index (κ1) is 18.6. The summed E-state index contributed by atoms with van der Waals surface area (Å²) >= 11 is 0. The maximum atomic E-state index is 12.8. The number of carbonyl (C=O) groups is 1. The lowest BCUT2D eigenvalue weighted by Crippen LogP contribution is -2.38. The van der Waals surface area contributed by atoms with Crippen molar-refractivity contribution in [3.8, 4) is 5.69 Å². The number of para-hydroxylation sites is 1. The van der Waals surface area contributed by atoms with E-state index in [2.05, 4.69) is 26.0 Å². The van der Waals surface area contributed by atoms with Gasteiger partial charge < -0.3 is 10.6 Å². The van der Waals surface area contributed by atoms with E-state index < -0.39 is 0 Å². The number of nitrogens with two attached hydrogens (primary N) is 1. The molecule has 0 spiro atoms. The van der Waals surface area contributed by atoms with Gasteiger partial charge >= 0.3 is 0 Å². The monoisotopic (exact) mass is 354 g/mol. The van der Waals surface area contributed by atoms with Crippen LogP contribution in [0.2, 0.25) is 0 Å². The molecule has 1 heterocycles. The lowest BCUT2D eigenvalue weighted by molar-refractivity contribution is -0.135. The summed E-state index contributed by atoms with van der Waals surface area (Å²) < 4.78 is 1.99. The normalized spacial score (nSPS) is 20.2. The zero-order valence-corrected chi connectivity index (χ0v) is 16.3. The number of hydrogen-bond acceptors (Lipinski definition) is 3. The molecule has 0 aliphatic heterocycles. The van der Waals surface area contributed by atoms with Gasteiger partial charge in [0.2, 0.25) is 5.91 Å². The topological polar surface area (TPSA) is 64.2 Å². The summed E-state index contributed by atoms with van der Waals surface area (Å²) in [6.07, 6.45) is 3.85. The Balaban J connectivity index is 1.80. The lowest BCUT2D eigenvalue weighted by atomic mass is 9.85. The molecule has 3 rings (SSSR count). The zero-order valence-electron chi connectivity index (χ0n) is 16.3. The number of hydrogen-bond donors (Lipinski definition) is 1. The Morgan fingerprint density at radius 1 is 1.27 bits per heavy atom. The number of aryl methyl sites for hydroxylation is 2. The van der Waals surface area contributed by atoms with Crippen molar-refractivity contribution in [2.45, 2.75) is 59.0 Å². The van der Waals surface area contributed by atoms with Gasteiger partial charge in [0, 0.05) is 36.8 Å². The first-order chi connectivity index (χ1) is 12.4. The zero-order chi connectivity index (χ0) is 18.8. The highest BCUT2D eigenvalue weighted by molar-refractivity contribution is 5.78. The van der Waals surface area contributed by atoms with Crippen LogP contribution in [0.5, 0.6) is 0 Å². The highest BCUT2D eigenvalue weighted by Crippen LogP contribution is 2.26. The van der Waals surface area contributed by atoms with E-state index in [1.54, 1.807) is 0 Å². The third-order valence-corrected chi connectivity index (χ3v) is 5.62. The van der Waals surface area contributed by atoms with Gasteiger partial charge in [-0.3, -0.25) is 4.79 Å². The Morgan fingerprint density at radius 2 is 2.00 bits per heavy atom. The van der Waals surface area contributed by atoms with E-state index in [-0.39, 0.29) is 17.9 Å². The van der Waals surface area contributed by atoms with Crippen LogP contribution in [0.3, 0.4) is 0 Å². The minimum absolute atomic E-state index is 0.0655. The summed E-state index contributed by atoms with van der Waals surface area (Å²) in [6.45, 7) is 6.78. The van der Waals surface area contributed by atoms with Crippen LogP contribution in [0.4, 0.5) is 0 Å². The van der Waals surface area contributed by atoms with Gasteiger partial charge in [-0.15, -0.1) is 0 Å². The number of nitrogens with zero attached hydrogens (tertiary/aromatic N) is 3. The molecule has 1 amide bonds. The molecule has 2 atom stereocenters. The SMILES string of the molecule is Cc1ccccc1-n1nc(C)c(CN(C)C(=O)C2CCCC(N)C2)c1C. The second-order valence-electron chi connectivity index (χ2n) is 7.67. The number of carbonyl (C=O) groups excluding carboxylic acids is 1. The molecule has 0 saturated heterocycles. The van der Waals surface area contributed by atoms with E-state index in [1.165, 1.54) is 5.56 Å². The maximum Gasteiger partial charge on any atom is 0.225 e. The summed E-state index contributed by atoms with van der Waals surface area (Å²) in [5, 5.41) is 4.74. The van der Waals surface area contributed by atoms with Gasteiger partial charge in [-0.05, 0) is 51.7 Å². The smallest absolute Gasteiger partial charge is 0.225 e. The predicted molar refractivity (Wildman–Crippen MR) is 104 cm³/mol. The Bertz CT molecular complexity index is 795. The molecule has 2 unspecified atom stereocenters. The first-order valence-electron chi connectivity index (χ1n) is 9.50. The Kier molecular flexibility index (Phi) is 5.47. The molecule has 1 aliphatic carbocycles. The average molecular weight is 354 g/mol. The van der Waals surface area contributed by atoms with Crippen molar-refractivity contribution < 1.29 is 4.79 Å². The molecule has 0 bridgehead atoms. The van der Waals surface area contributed by atoms with Crippen LogP contribution in [-0.2, 0) is 11.3 Å². The van der Waals surface area contributed by atoms with Crippen molar-refractivity contribution in [1.29, 1.82) is 0 Å². The molecule has 26 heavy (non-hydrogen) atoms. The van der Waals surface area contributed by atoms with Crippen LogP contribution >= 0.6 is 0 Å². The first-order valence-corrected chi connectivity index (χ1v) is 9.50. The van der Waals surface area contributed by atoms with Crippen molar-refractivity contribution in [3.63, 3.8) is 0 Å². The Labute approximate surface area is 156 Å². The van der Waals surface area contributed by atoms with E-state index in [4.69, 9.17) is 10.8 Å². The molecule has 1 aromatic heterocycles. The third kappa shape index (κ3) is 3.68. The summed E-state index contributed by atoms with van der Waals surface area (Å²) in [5.74, 6) is 0.276. The van der Waals surface area contributed by atoms with Gasteiger partial charge in [0.15, 0.2) is 0 Å². The third-order valence-electron chi connectivity index (χ3n) is 5.62. The van der Waals surface area contributed by atoms with Crippen molar-refractivity contribution in [2.75, 3.05) is 7.05 Å². The summed E-state index contributed by atoms with van der Waals surface area (Å²) in [5.41, 5.74) is 11.5. The standard InChI is InChI=1S/C21H30N4O/c1-14-8-5-6-11-20(14)25-16(3)19(15(2)23-25)13-24(4)21(26)17-9-7-10-18(22)12-17/h5-6,8,11,17-18H,7,9-10,12-13,22H2,1-4H3. The molecule has 140 valence electrons. The molecule has 0 radical (unpaired) electrons. The molecule has 1 aliphatic rings. The van der Waals surface area contributed by atoms with Crippen LogP contribution in [-0.4, -0.2) is 33.7 Å². The number of benzene rings is 1. The maximum absolute atomic E-state index is 12.8. The fourth-order valence-corrected chi connectivity index (χ4v) is 4.02. The molecular formula is C21H30N4O. The van der Waals surface area contributed by atoms with Gasteiger partial charge in [0.25, 0.3) is 0 Å². The van der Waals surface area contributed by atoms with Gasteiger partial charge in [-0.2, -0.15) is 5.10 Å². The fourth-order valence-electron chi connectivity index (χ4n) is 4.02. The summed E-state index contributed by atoms with van der Waals surface area (Å²) in [6, 6.07) is 8.40. The molecule has 5 nitrogen and oxygen atoms in total. The van der Waals surface area contributed by atoms with E-state index in [0.717, 1.165) is 48.3 Å². The molecule has 2 aromatic rings. The quantitative estimate of drug-likeness (QED) is 0.916. The number of rotatable bonds is 4. The Morgan fingerprint density at radius 3 is 2.69 bits per heavy atom. The molecule has 2 N–H and O–H groups in total. The second kappa shape index (κ2) is 7.62. The molecule has 1 fully saturated rings. The highest BCUT2D eigenvalue weighted by atomic mass is 16.2. The Hall–Kier alpha value is -2.14. The molecule has 1 saturated carbocycles. The van der Waals surface area contributed by atoms with Crippen LogP contribution < -0.4 is 5.73 Å².